The Morgan fingerprint density at radius 1 is 1.10 bits per heavy atom. The van der Waals surface area contributed by atoms with Gasteiger partial charge in [0, 0.05) is 10.0 Å². The summed E-state index contributed by atoms with van der Waals surface area (Å²) in [6.07, 6.45) is 3.18. The van der Waals surface area contributed by atoms with Crippen LogP contribution >= 0.6 is 23.2 Å². The molecule has 1 aliphatic carbocycles. The Labute approximate surface area is 135 Å². The molecule has 0 saturated carbocycles. The Bertz CT molecular complexity index is 642. The van der Waals surface area contributed by atoms with Crippen LogP contribution in [0.2, 0.25) is 10.0 Å². The molecular weight excluding hydrogens is 303 g/mol. The highest BCUT2D eigenvalue weighted by molar-refractivity contribution is 6.33. The van der Waals surface area contributed by atoms with Crippen molar-refractivity contribution < 1.29 is 0 Å². The van der Waals surface area contributed by atoms with Crippen molar-refractivity contribution in [1.82, 2.24) is 5.43 Å². The van der Waals surface area contributed by atoms with E-state index >= 15 is 0 Å². The highest BCUT2D eigenvalue weighted by Gasteiger charge is 2.28. The smallest absolute Gasteiger partial charge is 0.0506 e. The molecule has 2 unspecified atom stereocenters. The second-order valence-corrected chi connectivity index (χ2v) is 6.43. The SMILES string of the molecule is NNC(c1cc(Cl)ccc1Cl)C1CCc2ccccc2C1. The summed E-state index contributed by atoms with van der Waals surface area (Å²) in [5, 5.41) is 1.40. The number of hydrazine groups is 1. The van der Waals surface area contributed by atoms with Gasteiger partial charge in [0.25, 0.3) is 0 Å². The predicted octanol–water partition coefficient (Wildman–Crippen LogP) is 4.30. The molecule has 0 saturated heterocycles. The van der Waals surface area contributed by atoms with Crippen LogP contribution in [0.15, 0.2) is 42.5 Å². The van der Waals surface area contributed by atoms with Crippen LogP contribution in [-0.4, -0.2) is 0 Å². The average molecular weight is 321 g/mol. The topological polar surface area (TPSA) is 38.0 Å². The van der Waals surface area contributed by atoms with Crippen LogP contribution in [0.1, 0.15) is 29.2 Å². The summed E-state index contributed by atoms with van der Waals surface area (Å²) in [7, 11) is 0. The molecule has 0 spiro atoms. The molecule has 0 aromatic heterocycles. The van der Waals surface area contributed by atoms with E-state index in [0.717, 1.165) is 24.8 Å². The molecule has 2 atom stereocenters. The van der Waals surface area contributed by atoms with Gasteiger partial charge < -0.3 is 0 Å². The first-order chi connectivity index (χ1) is 10.2. The number of nitrogens with two attached hydrogens (primary N) is 1. The molecular formula is C17H18Cl2N2. The van der Waals surface area contributed by atoms with Crippen molar-refractivity contribution >= 4 is 23.2 Å². The van der Waals surface area contributed by atoms with E-state index < -0.39 is 0 Å². The lowest BCUT2D eigenvalue weighted by molar-refractivity contribution is 0.329. The highest BCUT2D eigenvalue weighted by Crippen LogP contribution is 2.37. The zero-order valence-electron chi connectivity index (χ0n) is 11.7. The number of hydrogen-bond donors (Lipinski definition) is 2. The zero-order chi connectivity index (χ0) is 14.8. The molecule has 3 N–H and O–H groups in total. The molecule has 2 aromatic rings. The first kappa shape index (κ1) is 14.9. The van der Waals surface area contributed by atoms with E-state index in [1.54, 1.807) is 6.07 Å². The predicted molar refractivity (Wildman–Crippen MR) is 88.5 cm³/mol. The molecule has 0 aliphatic heterocycles. The summed E-state index contributed by atoms with van der Waals surface area (Å²) in [5.74, 6) is 6.24. The maximum absolute atomic E-state index is 6.33. The summed E-state index contributed by atoms with van der Waals surface area (Å²) in [6.45, 7) is 0. The van der Waals surface area contributed by atoms with Crippen molar-refractivity contribution in [1.29, 1.82) is 0 Å². The minimum atomic E-state index is 0.0181. The molecule has 110 valence electrons. The van der Waals surface area contributed by atoms with Gasteiger partial charge in [0.2, 0.25) is 0 Å². The van der Waals surface area contributed by atoms with E-state index in [-0.39, 0.29) is 6.04 Å². The van der Waals surface area contributed by atoms with E-state index in [4.69, 9.17) is 29.0 Å². The lowest BCUT2D eigenvalue weighted by atomic mass is 9.78. The standard InChI is InChI=1S/C17H18Cl2N2/c18-14-7-8-16(19)15(10-14)17(21-20)13-6-5-11-3-1-2-4-12(11)9-13/h1-4,7-8,10,13,17,21H,5-6,9,20H2. The first-order valence-corrected chi connectivity index (χ1v) is 7.92. The van der Waals surface area contributed by atoms with E-state index in [0.29, 0.717) is 16.0 Å². The van der Waals surface area contributed by atoms with Gasteiger partial charge >= 0.3 is 0 Å². The van der Waals surface area contributed by atoms with Crippen molar-refractivity contribution in [3.8, 4) is 0 Å². The van der Waals surface area contributed by atoms with Crippen molar-refractivity contribution in [2.45, 2.75) is 25.3 Å². The molecule has 1 aliphatic rings. The number of halogens is 2. The van der Waals surface area contributed by atoms with Gasteiger partial charge in [0.15, 0.2) is 0 Å². The monoisotopic (exact) mass is 320 g/mol. The number of benzene rings is 2. The molecule has 0 radical (unpaired) electrons. The minimum absolute atomic E-state index is 0.0181. The van der Waals surface area contributed by atoms with Crippen LogP contribution in [0.4, 0.5) is 0 Å². The first-order valence-electron chi connectivity index (χ1n) is 7.17. The maximum atomic E-state index is 6.33. The Morgan fingerprint density at radius 3 is 2.62 bits per heavy atom. The molecule has 2 aromatic carbocycles. The third kappa shape index (κ3) is 3.09. The fraction of sp³-hybridized carbons (Fsp3) is 0.294. The normalized spacial score (nSPS) is 19.1. The van der Waals surface area contributed by atoms with Gasteiger partial charge in [-0.05, 0) is 60.1 Å². The molecule has 2 nitrogen and oxygen atoms in total. The Morgan fingerprint density at radius 2 is 1.86 bits per heavy atom. The van der Waals surface area contributed by atoms with Crippen molar-refractivity contribution in [3.05, 3.63) is 69.2 Å². The van der Waals surface area contributed by atoms with Gasteiger partial charge in [-0.2, -0.15) is 0 Å². The van der Waals surface area contributed by atoms with Gasteiger partial charge in [-0.3, -0.25) is 11.3 Å². The van der Waals surface area contributed by atoms with E-state index in [2.05, 4.69) is 29.7 Å². The molecule has 3 rings (SSSR count). The van der Waals surface area contributed by atoms with Crippen molar-refractivity contribution in [2.24, 2.45) is 11.8 Å². The summed E-state index contributed by atoms with van der Waals surface area (Å²) < 4.78 is 0. The molecule has 0 amide bonds. The number of fused-ring (bicyclic) bond motifs is 1. The minimum Gasteiger partial charge on any atom is -0.271 e. The summed E-state index contributed by atoms with van der Waals surface area (Å²) in [6, 6.07) is 14.2. The average Bonchev–Trinajstić information content (AvgIpc) is 2.51. The van der Waals surface area contributed by atoms with Crippen LogP contribution in [0, 0.1) is 5.92 Å². The lowest BCUT2D eigenvalue weighted by Gasteiger charge is -2.32. The van der Waals surface area contributed by atoms with Crippen LogP contribution in [0.3, 0.4) is 0 Å². The Balaban J connectivity index is 1.90. The van der Waals surface area contributed by atoms with Gasteiger partial charge in [0.05, 0.1) is 6.04 Å². The Kier molecular flexibility index (Phi) is 4.51. The number of hydrogen-bond acceptors (Lipinski definition) is 2. The zero-order valence-corrected chi connectivity index (χ0v) is 13.2. The van der Waals surface area contributed by atoms with Gasteiger partial charge in [-0.15, -0.1) is 0 Å². The van der Waals surface area contributed by atoms with Crippen LogP contribution in [0.5, 0.6) is 0 Å². The molecule has 0 bridgehead atoms. The van der Waals surface area contributed by atoms with Crippen LogP contribution < -0.4 is 11.3 Å². The third-order valence-electron chi connectivity index (χ3n) is 4.33. The van der Waals surface area contributed by atoms with Crippen molar-refractivity contribution in [2.75, 3.05) is 0 Å². The fourth-order valence-electron chi connectivity index (χ4n) is 3.24. The number of rotatable bonds is 3. The van der Waals surface area contributed by atoms with Crippen LogP contribution in [0.25, 0.3) is 0 Å². The second kappa shape index (κ2) is 6.37. The maximum Gasteiger partial charge on any atom is 0.0506 e. The molecule has 21 heavy (non-hydrogen) atoms. The molecule has 0 heterocycles. The largest absolute Gasteiger partial charge is 0.271 e. The summed E-state index contributed by atoms with van der Waals surface area (Å²) >= 11 is 12.4. The molecule has 4 heteroatoms. The second-order valence-electron chi connectivity index (χ2n) is 5.58. The number of nitrogens with one attached hydrogen (secondary N) is 1. The summed E-state index contributed by atoms with van der Waals surface area (Å²) in [4.78, 5) is 0. The van der Waals surface area contributed by atoms with Crippen LogP contribution in [-0.2, 0) is 12.8 Å². The lowest BCUT2D eigenvalue weighted by Crippen LogP contribution is -2.36. The summed E-state index contributed by atoms with van der Waals surface area (Å²) in [5.41, 5.74) is 6.78. The Hall–Kier alpha value is -1.06. The van der Waals surface area contributed by atoms with Gasteiger partial charge in [0.1, 0.15) is 0 Å². The molecule has 0 fully saturated rings. The van der Waals surface area contributed by atoms with E-state index in [1.165, 1.54) is 11.1 Å². The van der Waals surface area contributed by atoms with Gasteiger partial charge in [-0.1, -0.05) is 47.5 Å². The highest BCUT2D eigenvalue weighted by atomic mass is 35.5. The number of aryl methyl sites for hydroxylation is 1. The fourth-order valence-corrected chi connectivity index (χ4v) is 3.66. The van der Waals surface area contributed by atoms with Gasteiger partial charge in [-0.25, -0.2) is 0 Å². The quantitative estimate of drug-likeness (QED) is 0.653. The third-order valence-corrected chi connectivity index (χ3v) is 4.91. The van der Waals surface area contributed by atoms with Crippen molar-refractivity contribution in [3.63, 3.8) is 0 Å². The van der Waals surface area contributed by atoms with E-state index in [9.17, 15) is 0 Å². The van der Waals surface area contributed by atoms with E-state index in [1.807, 2.05) is 12.1 Å².